The van der Waals surface area contributed by atoms with Crippen LogP contribution in [0.3, 0.4) is 0 Å². The Kier molecular flexibility index (Phi) is 4.38. The van der Waals surface area contributed by atoms with E-state index in [0.717, 1.165) is 52.4 Å². The third-order valence-electron chi connectivity index (χ3n) is 5.73. The van der Waals surface area contributed by atoms with Gasteiger partial charge in [0.15, 0.2) is 0 Å². The molecule has 6 heteroatoms. The minimum absolute atomic E-state index is 0.419. The molecule has 0 amide bonds. The molecule has 2 aromatic heterocycles. The molecule has 4 rings (SSSR count). The molecule has 28 heavy (non-hydrogen) atoms. The molecule has 3 aromatic rings. The zero-order valence-corrected chi connectivity index (χ0v) is 16.8. The van der Waals surface area contributed by atoms with Gasteiger partial charge in [-0.3, -0.25) is 4.57 Å². The fourth-order valence-corrected chi connectivity index (χ4v) is 4.30. The van der Waals surface area contributed by atoms with Crippen molar-refractivity contribution in [2.45, 2.75) is 33.6 Å². The van der Waals surface area contributed by atoms with E-state index < -0.39 is 0 Å². The first kappa shape index (κ1) is 18.2. The Labute approximate surface area is 165 Å². The molecule has 1 aliphatic rings. The van der Waals surface area contributed by atoms with Gasteiger partial charge in [0, 0.05) is 24.0 Å². The third kappa shape index (κ3) is 2.58. The number of fused-ring (bicyclic) bond motifs is 1. The number of hydrogen-bond acceptors (Lipinski definition) is 5. The quantitative estimate of drug-likeness (QED) is 0.748. The highest BCUT2D eigenvalue weighted by molar-refractivity contribution is 5.94. The van der Waals surface area contributed by atoms with Crippen molar-refractivity contribution in [2.75, 3.05) is 30.8 Å². The molecule has 1 fully saturated rings. The van der Waals surface area contributed by atoms with Crippen LogP contribution in [0.5, 0.6) is 5.75 Å². The van der Waals surface area contributed by atoms with Gasteiger partial charge in [-0.25, -0.2) is 4.98 Å². The normalized spacial score (nSPS) is 13.9. The molecule has 0 aliphatic carbocycles. The molecule has 0 atom stereocenters. The smallest absolute Gasteiger partial charge is 0.147 e. The molecule has 6 nitrogen and oxygen atoms in total. The number of nitriles is 1. The van der Waals surface area contributed by atoms with Gasteiger partial charge in [-0.2, -0.15) is 5.26 Å². The van der Waals surface area contributed by atoms with Gasteiger partial charge in [0.1, 0.15) is 28.8 Å². The van der Waals surface area contributed by atoms with E-state index in [1.165, 1.54) is 12.8 Å². The Balaban J connectivity index is 2.05. The van der Waals surface area contributed by atoms with Crippen LogP contribution in [0.25, 0.3) is 16.7 Å². The molecule has 1 aliphatic heterocycles. The Morgan fingerprint density at radius 1 is 1.18 bits per heavy atom. The highest BCUT2D eigenvalue weighted by Crippen LogP contribution is 2.38. The number of nitrogens with two attached hydrogens (primary N) is 1. The Bertz CT molecular complexity index is 1120. The first-order valence-corrected chi connectivity index (χ1v) is 9.59. The number of ether oxygens (including phenoxy) is 1. The van der Waals surface area contributed by atoms with Gasteiger partial charge in [0.05, 0.1) is 24.2 Å². The van der Waals surface area contributed by atoms with Crippen LogP contribution in [0, 0.1) is 32.1 Å². The van der Waals surface area contributed by atoms with Gasteiger partial charge in [-0.1, -0.05) is 6.07 Å². The Morgan fingerprint density at radius 3 is 2.54 bits per heavy atom. The second-order valence-electron chi connectivity index (χ2n) is 7.42. The van der Waals surface area contributed by atoms with Crippen molar-refractivity contribution in [1.29, 1.82) is 5.26 Å². The number of pyridine rings is 1. The largest absolute Gasteiger partial charge is 0.496 e. The lowest BCUT2D eigenvalue weighted by atomic mass is 10.1. The lowest BCUT2D eigenvalue weighted by molar-refractivity contribution is 0.411. The van der Waals surface area contributed by atoms with Crippen LogP contribution in [-0.4, -0.2) is 29.8 Å². The first-order chi connectivity index (χ1) is 13.5. The van der Waals surface area contributed by atoms with E-state index in [1.807, 2.05) is 37.5 Å². The number of anilines is 2. The number of aryl methyl sites for hydroxylation is 2. The summed E-state index contributed by atoms with van der Waals surface area (Å²) < 4.78 is 7.42. The predicted octanol–water partition coefficient (Wildman–Crippen LogP) is 4.01. The zero-order chi connectivity index (χ0) is 20.0. The number of hydrogen-bond donors (Lipinski definition) is 1. The van der Waals surface area contributed by atoms with Gasteiger partial charge in [0.2, 0.25) is 0 Å². The summed E-state index contributed by atoms with van der Waals surface area (Å²) in [5.74, 6) is 1.20. The van der Waals surface area contributed by atoms with E-state index in [1.54, 1.807) is 7.11 Å². The number of rotatable bonds is 3. The molecule has 144 valence electrons. The van der Waals surface area contributed by atoms with Crippen molar-refractivity contribution in [3.05, 3.63) is 40.6 Å². The van der Waals surface area contributed by atoms with E-state index in [2.05, 4.69) is 17.0 Å². The van der Waals surface area contributed by atoms with Crippen LogP contribution in [0.1, 0.15) is 35.2 Å². The van der Waals surface area contributed by atoms with Crippen LogP contribution >= 0.6 is 0 Å². The summed E-state index contributed by atoms with van der Waals surface area (Å²) in [6.07, 6.45) is 2.38. The maximum Gasteiger partial charge on any atom is 0.147 e. The van der Waals surface area contributed by atoms with Crippen LogP contribution in [0.2, 0.25) is 0 Å². The summed E-state index contributed by atoms with van der Waals surface area (Å²) in [7, 11) is 1.66. The summed E-state index contributed by atoms with van der Waals surface area (Å²) in [6.45, 7) is 8.12. The lowest BCUT2D eigenvalue weighted by Gasteiger charge is -2.20. The fraction of sp³-hybridized carbons (Fsp3) is 0.364. The number of benzene rings is 1. The van der Waals surface area contributed by atoms with Gasteiger partial charge >= 0.3 is 0 Å². The summed E-state index contributed by atoms with van der Waals surface area (Å²) in [6, 6.07) is 8.33. The van der Waals surface area contributed by atoms with Crippen molar-refractivity contribution in [3.63, 3.8) is 0 Å². The SMILES string of the molecule is COc1ccc(C)c(-n2c(N)c(C#N)c3cc(N4CCCC4)c(C)nc32)c1C. The standard InChI is InChI=1S/C22H25N5O/c1-13-7-8-19(28-4)14(2)20(13)27-21(24)17(12-23)16-11-18(15(3)25-22(16)27)26-9-5-6-10-26/h7-8,11H,5-6,9-10,24H2,1-4H3. The molecule has 3 heterocycles. The van der Waals surface area contributed by atoms with Crippen molar-refractivity contribution < 1.29 is 4.74 Å². The first-order valence-electron chi connectivity index (χ1n) is 9.59. The number of methoxy groups -OCH3 is 1. The van der Waals surface area contributed by atoms with E-state index in [9.17, 15) is 5.26 Å². The molecule has 0 radical (unpaired) electrons. The van der Waals surface area contributed by atoms with E-state index in [0.29, 0.717) is 17.0 Å². The van der Waals surface area contributed by atoms with Crippen molar-refractivity contribution in [3.8, 4) is 17.5 Å². The molecule has 0 spiro atoms. The van der Waals surface area contributed by atoms with Gasteiger partial charge in [0.25, 0.3) is 0 Å². The second-order valence-corrected chi connectivity index (χ2v) is 7.42. The van der Waals surface area contributed by atoms with E-state index in [-0.39, 0.29) is 0 Å². The average molecular weight is 375 g/mol. The molecule has 2 N–H and O–H groups in total. The molecule has 1 saturated heterocycles. The minimum Gasteiger partial charge on any atom is -0.496 e. The average Bonchev–Trinajstić information content (AvgIpc) is 3.28. The Morgan fingerprint density at radius 2 is 1.89 bits per heavy atom. The van der Waals surface area contributed by atoms with Gasteiger partial charge in [-0.05, 0) is 51.3 Å². The molecule has 0 unspecified atom stereocenters. The number of nitrogens with zero attached hydrogens (tertiary/aromatic N) is 4. The van der Waals surface area contributed by atoms with Crippen LogP contribution in [-0.2, 0) is 0 Å². The maximum atomic E-state index is 9.83. The fourth-order valence-electron chi connectivity index (χ4n) is 4.30. The summed E-state index contributed by atoms with van der Waals surface area (Å²) in [5, 5.41) is 10.6. The lowest BCUT2D eigenvalue weighted by Crippen LogP contribution is -2.19. The maximum absolute atomic E-state index is 9.83. The third-order valence-corrected chi connectivity index (χ3v) is 5.73. The van der Waals surface area contributed by atoms with Crippen LogP contribution in [0.4, 0.5) is 11.5 Å². The topological polar surface area (TPSA) is 80.1 Å². The van der Waals surface area contributed by atoms with E-state index in [4.69, 9.17) is 15.5 Å². The minimum atomic E-state index is 0.419. The molecular formula is C22H25N5O. The highest BCUT2D eigenvalue weighted by atomic mass is 16.5. The molecule has 0 saturated carbocycles. The molecule has 1 aromatic carbocycles. The molecule has 0 bridgehead atoms. The summed E-state index contributed by atoms with van der Waals surface area (Å²) in [4.78, 5) is 7.26. The highest BCUT2D eigenvalue weighted by Gasteiger charge is 2.24. The van der Waals surface area contributed by atoms with Gasteiger partial charge in [-0.15, -0.1) is 0 Å². The molecular weight excluding hydrogens is 350 g/mol. The summed E-state index contributed by atoms with van der Waals surface area (Å²) in [5.41, 5.74) is 12.7. The van der Waals surface area contributed by atoms with Crippen molar-refractivity contribution >= 4 is 22.5 Å². The number of aromatic nitrogens is 2. The van der Waals surface area contributed by atoms with Crippen molar-refractivity contribution in [2.24, 2.45) is 0 Å². The Hall–Kier alpha value is -3.20. The monoisotopic (exact) mass is 375 g/mol. The predicted molar refractivity (Wildman–Crippen MR) is 112 cm³/mol. The summed E-state index contributed by atoms with van der Waals surface area (Å²) >= 11 is 0. The zero-order valence-electron chi connectivity index (χ0n) is 16.8. The van der Waals surface area contributed by atoms with Crippen LogP contribution < -0.4 is 15.4 Å². The van der Waals surface area contributed by atoms with Gasteiger partial charge < -0.3 is 15.4 Å². The number of nitrogen functional groups attached to an aromatic ring is 1. The second kappa shape index (κ2) is 6.75. The van der Waals surface area contributed by atoms with Crippen molar-refractivity contribution in [1.82, 2.24) is 9.55 Å². The van der Waals surface area contributed by atoms with E-state index >= 15 is 0 Å². The van der Waals surface area contributed by atoms with Crippen LogP contribution in [0.15, 0.2) is 18.2 Å².